The number of amides is 1. The fourth-order valence-electron chi connectivity index (χ4n) is 2.23. The summed E-state index contributed by atoms with van der Waals surface area (Å²) in [7, 11) is 0. The number of halogens is 1. The number of rotatable bonds is 2. The quantitative estimate of drug-likeness (QED) is 0.830. The molecule has 92 valence electrons. The molecule has 0 unspecified atom stereocenters. The van der Waals surface area contributed by atoms with Crippen molar-refractivity contribution in [2.45, 2.75) is 19.3 Å². The van der Waals surface area contributed by atoms with Gasteiger partial charge in [0.15, 0.2) is 5.82 Å². The molecule has 0 bridgehead atoms. The van der Waals surface area contributed by atoms with Crippen LogP contribution in [0.2, 0.25) is 0 Å². The first-order valence-corrected chi connectivity index (χ1v) is 6.76. The van der Waals surface area contributed by atoms with Crippen molar-refractivity contribution < 1.29 is 4.79 Å². The van der Waals surface area contributed by atoms with Gasteiger partial charge in [-0.25, -0.2) is 9.67 Å². The van der Waals surface area contributed by atoms with Crippen LogP contribution in [0.5, 0.6) is 0 Å². The van der Waals surface area contributed by atoms with Crippen molar-refractivity contribution >= 4 is 28.5 Å². The van der Waals surface area contributed by atoms with Crippen LogP contribution in [0, 0.1) is 3.57 Å². The molecule has 2 heterocycles. The monoisotopic (exact) mass is 354 g/mol. The number of carbonyl (C=O) groups is 1. The maximum atomic E-state index is 11.5. The molecule has 0 aliphatic heterocycles. The summed E-state index contributed by atoms with van der Waals surface area (Å²) in [6, 6.07) is 1.86. The third-order valence-electron chi connectivity index (χ3n) is 3.06. The SMILES string of the molecule is NC(=O)c1cc2c(nc1-n1cc(I)cn1)CCC2. The number of fused-ring (bicyclic) bond motifs is 1. The zero-order valence-electron chi connectivity index (χ0n) is 9.56. The molecule has 6 heteroatoms. The second-order valence-corrected chi connectivity index (χ2v) is 5.53. The Hall–Kier alpha value is -1.44. The molecular formula is C12H11IN4O. The van der Waals surface area contributed by atoms with E-state index in [1.165, 1.54) is 0 Å². The predicted molar refractivity (Wildman–Crippen MR) is 74.6 cm³/mol. The molecule has 2 aromatic rings. The van der Waals surface area contributed by atoms with Gasteiger partial charge in [-0.1, -0.05) is 0 Å². The summed E-state index contributed by atoms with van der Waals surface area (Å²) in [4.78, 5) is 16.1. The van der Waals surface area contributed by atoms with E-state index in [2.05, 4.69) is 32.7 Å². The van der Waals surface area contributed by atoms with E-state index in [4.69, 9.17) is 5.73 Å². The van der Waals surface area contributed by atoms with Gasteiger partial charge < -0.3 is 5.73 Å². The van der Waals surface area contributed by atoms with Crippen LogP contribution < -0.4 is 5.73 Å². The Bertz CT molecular complexity index is 635. The van der Waals surface area contributed by atoms with Crippen LogP contribution in [-0.4, -0.2) is 20.7 Å². The highest BCUT2D eigenvalue weighted by Crippen LogP contribution is 2.24. The molecule has 1 aliphatic carbocycles. The molecule has 5 nitrogen and oxygen atoms in total. The molecule has 0 aromatic carbocycles. The first-order chi connectivity index (χ1) is 8.65. The molecule has 2 N–H and O–H groups in total. The second-order valence-electron chi connectivity index (χ2n) is 4.29. The lowest BCUT2D eigenvalue weighted by atomic mass is 10.1. The van der Waals surface area contributed by atoms with Gasteiger partial charge in [-0.15, -0.1) is 0 Å². The standard InChI is InChI=1S/C12H11IN4O/c13-8-5-15-17(6-8)12-9(11(14)18)4-7-2-1-3-10(7)16-12/h4-6H,1-3H2,(H2,14,18). The number of hydrogen-bond donors (Lipinski definition) is 1. The molecule has 0 saturated heterocycles. The lowest BCUT2D eigenvalue weighted by molar-refractivity contribution is 0.0999. The van der Waals surface area contributed by atoms with E-state index in [9.17, 15) is 4.79 Å². The van der Waals surface area contributed by atoms with Crippen molar-refractivity contribution in [3.05, 3.63) is 38.9 Å². The Labute approximate surface area is 118 Å². The number of nitrogens with zero attached hydrogens (tertiary/aromatic N) is 3. The highest BCUT2D eigenvalue weighted by molar-refractivity contribution is 14.1. The lowest BCUT2D eigenvalue weighted by Gasteiger charge is -2.08. The summed E-state index contributed by atoms with van der Waals surface area (Å²) in [5.74, 6) is 0.0729. The molecule has 3 rings (SSSR count). The summed E-state index contributed by atoms with van der Waals surface area (Å²) in [6.45, 7) is 0. The number of pyridine rings is 1. The molecule has 0 atom stereocenters. The van der Waals surface area contributed by atoms with Crippen LogP contribution in [0.3, 0.4) is 0 Å². The van der Waals surface area contributed by atoms with E-state index in [0.29, 0.717) is 11.4 Å². The van der Waals surface area contributed by atoms with E-state index in [1.54, 1.807) is 10.9 Å². The van der Waals surface area contributed by atoms with Crippen molar-refractivity contribution in [3.8, 4) is 5.82 Å². The van der Waals surface area contributed by atoms with Crippen LogP contribution in [0.15, 0.2) is 18.5 Å². The van der Waals surface area contributed by atoms with Crippen molar-refractivity contribution in [3.63, 3.8) is 0 Å². The van der Waals surface area contributed by atoms with Gasteiger partial charge in [0.05, 0.1) is 15.3 Å². The summed E-state index contributed by atoms with van der Waals surface area (Å²) < 4.78 is 2.60. The first-order valence-electron chi connectivity index (χ1n) is 5.68. The third-order valence-corrected chi connectivity index (χ3v) is 3.62. The number of hydrogen-bond acceptors (Lipinski definition) is 3. The Morgan fingerprint density at radius 1 is 1.44 bits per heavy atom. The number of primary amides is 1. The zero-order chi connectivity index (χ0) is 12.7. The zero-order valence-corrected chi connectivity index (χ0v) is 11.7. The molecule has 1 amide bonds. The molecule has 1 aliphatic rings. The van der Waals surface area contributed by atoms with Gasteiger partial charge in [0.1, 0.15) is 0 Å². The lowest BCUT2D eigenvalue weighted by Crippen LogP contribution is -2.17. The molecular weight excluding hydrogens is 343 g/mol. The fourth-order valence-corrected chi connectivity index (χ4v) is 2.62. The number of aromatic nitrogens is 3. The highest BCUT2D eigenvalue weighted by Gasteiger charge is 2.20. The van der Waals surface area contributed by atoms with Crippen molar-refractivity contribution in [1.29, 1.82) is 0 Å². The Morgan fingerprint density at radius 2 is 2.28 bits per heavy atom. The van der Waals surface area contributed by atoms with Crippen molar-refractivity contribution in [2.75, 3.05) is 0 Å². The van der Waals surface area contributed by atoms with Crippen molar-refractivity contribution in [2.24, 2.45) is 5.73 Å². The minimum Gasteiger partial charge on any atom is -0.365 e. The first kappa shape index (κ1) is 11.6. The van der Waals surface area contributed by atoms with Crippen LogP contribution in [0.25, 0.3) is 5.82 Å². The van der Waals surface area contributed by atoms with Gasteiger partial charge in [0, 0.05) is 11.9 Å². The van der Waals surface area contributed by atoms with E-state index >= 15 is 0 Å². The van der Waals surface area contributed by atoms with Crippen LogP contribution in [0.4, 0.5) is 0 Å². The minimum atomic E-state index is -0.460. The third kappa shape index (κ3) is 1.90. The average Bonchev–Trinajstić information content (AvgIpc) is 2.94. The molecule has 0 fully saturated rings. The van der Waals surface area contributed by atoms with Crippen molar-refractivity contribution in [1.82, 2.24) is 14.8 Å². The molecule has 0 saturated carbocycles. The van der Waals surface area contributed by atoms with E-state index in [1.807, 2.05) is 12.3 Å². The largest absolute Gasteiger partial charge is 0.365 e. The van der Waals surface area contributed by atoms with Crippen LogP contribution >= 0.6 is 22.6 Å². The van der Waals surface area contributed by atoms with Gasteiger partial charge in [0.25, 0.3) is 5.91 Å². The smallest absolute Gasteiger partial charge is 0.252 e. The predicted octanol–water partition coefficient (Wildman–Crippen LogP) is 1.46. The van der Waals surface area contributed by atoms with Gasteiger partial charge in [-0.3, -0.25) is 4.79 Å². The number of carbonyl (C=O) groups excluding carboxylic acids is 1. The Balaban J connectivity index is 2.21. The van der Waals surface area contributed by atoms with Gasteiger partial charge >= 0.3 is 0 Å². The van der Waals surface area contributed by atoms with Crippen LogP contribution in [0.1, 0.15) is 28.0 Å². The normalized spacial score (nSPS) is 13.6. The van der Waals surface area contributed by atoms with Crippen LogP contribution in [-0.2, 0) is 12.8 Å². The van der Waals surface area contributed by atoms with Gasteiger partial charge in [0.2, 0.25) is 0 Å². The average molecular weight is 354 g/mol. The van der Waals surface area contributed by atoms with E-state index in [-0.39, 0.29) is 0 Å². The topological polar surface area (TPSA) is 73.8 Å². The Kier molecular flexibility index (Phi) is 2.81. The van der Waals surface area contributed by atoms with Gasteiger partial charge in [-0.05, 0) is 53.5 Å². The van der Waals surface area contributed by atoms with E-state index in [0.717, 1.165) is 34.1 Å². The second kappa shape index (κ2) is 4.34. The molecule has 2 aromatic heterocycles. The minimum absolute atomic E-state index is 0.440. The number of nitrogens with two attached hydrogens (primary N) is 1. The number of aryl methyl sites for hydroxylation is 2. The molecule has 0 spiro atoms. The fraction of sp³-hybridized carbons (Fsp3) is 0.250. The summed E-state index contributed by atoms with van der Waals surface area (Å²) in [5.41, 5.74) is 8.06. The summed E-state index contributed by atoms with van der Waals surface area (Å²) >= 11 is 2.17. The molecule has 18 heavy (non-hydrogen) atoms. The van der Waals surface area contributed by atoms with Gasteiger partial charge in [-0.2, -0.15) is 5.10 Å². The summed E-state index contributed by atoms with van der Waals surface area (Å²) in [6.07, 6.45) is 6.57. The highest BCUT2D eigenvalue weighted by atomic mass is 127. The Morgan fingerprint density at radius 3 is 2.94 bits per heavy atom. The molecule has 0 radical (unpaired) electrons. The van der Waals surface area contributed by atoms with E-state index < -0.39 is 5.91 Å². The maximum Gasteiger partial charge on any atom is 0.252 e. The summed E-state index contributed by atoms with van der Waals surface area (Å²) in [5, 5.41) is 4.19. The maximum absolute atomic E-state index is 11.5.